The number of hydrogen-bond acceptors (Lipinski definition) is 4. The maximum atomic E-state index is 11.9. The van der Waals surface area contributed by atoms with E-state index in [-0.39, 0.29) is 11.2 Å². The molecule has 124 valence electrons. The lowest BCUT2D eigenvalue weighted by atomic mass is 10.2. The molecule has 0 saturated carbocycles. The first-order valence-electron chi connectivity index (χ1n) is 7.52. The van der Waals surface area contributed by atoms with Gasteiger partial charge in [0.25, 0.3) is 5.56 Å². The molecule has 0 aliphatic heterocycles. The fourth-order valence-corrected chi connectivity index (χ4v) is 2.24. The average Bonchev–Trinajstić information content (AvgIpc) is 2.52. The Bertz CT molecular complexity index is 775. The summed E-state index contributed by atoms with van der Waals surface area (Å²) in [5.74, 6) is 0.838. The highest BCUT2D eigenvalue weighted by atomic mass is 16.5. The minimum Gasteiger partial charge on any atom is -0.492 e. The number of rotatable bonds is 6. The molecule has 2 aromatic rings. The topological polar surface area (TPSA) is 56.5 Å². The first-order valence-corrected chi connectivity index (χ1v) is 7.52. The number of likely N-dealkylation sites (N-methyl/N-ethyl adjacent to an activating group) is 1. The van der Waals surface area contributed by atoms with Crippen LogP contribution in [0.15, 0.2) is 39.9 Å². The van der Waals surface area contributed by atoms with Gasteiger partial charge in [0.15, 0.2) is 0 Å². The SMILES string of the molecule is Cc1ccc(OCCN(C)Cc2cc(=O)n(C)c(=O)n2C)cc1. The van der Waals surface area contributed by atoms with Gasteiger partial charge < -0.3 is 4.74 Å². The second-order valence-electron chi connectivity index (χ2n) is 5.77. The fourth-order valence-electron chi connectivity index (χ4n) is 2.24. The molecule has 0 fully saturated rings. The molecule has 1 heterocycles. The van der Waals surface area contributed by atoms with E-state index in [9.17, 15) is 9.59 Å². The quantitative estimate of drug-likeness (QED) is 0.794. The standard InChI is InChI=1S/C17H23N3O3/c1-13-5-7-15(8-6-13)23-10-9-18(2)12-14-11-16(21)20(4)17(22)19(14)3/h5-8,11H,9-10,12H2,1-4H3. The van der Waals surface area contributed by atoms with Crippen molar-refractivity contribution in [1.82, 2.24) is 14.0 Å². The molecule has 0 aliphatic rings. The monoisotopic (exact) mass is 317 g/mol. The highest BCUT2D eigenvalue weighted by molar-refractivity contribution is 5.26. The molecule has 0 aliphatic carbocycles. The van der Waals surface area contributed by atoms with E-state index < -0.39 is 0 Å². The van der Waals surface area contributed by atoms with Gasteiger partial charge in [-0.2, -0.15) is 0 Å². The molecule has 1 aromatic carbocycles. The van der Waals surface area contributed by atoms with Crippen LogP contribution >= 0.6 is 0 Å². The molecule has 0 bridgehead atoms. The van der Waals surface area contributed by atoms with Gasteiger partial charge in [-0.1, -0.05) is 17.7 Å². The predicted octanol–water partition coefficient (Wildman–Crippen LogP) is 0.903. The van der Waals surface area contributed by atoms with Crippen LogP contribution in [0.1, 0.15) is 11.3 Å². The Morgan fingerprint density at radius 3 is 2.39 bits per heavy atom. The molecule has 0 saturated heterocycles. The third kappa shape index (κ3) is 4.32. The Labute approximate surface area is 135 Å². The number of aryl methyl sites for hydroxylation is 1. The predicted molar refractivity (Wildman–Crippen MR) is 89.9 cm³/mol. The van der Waals surface area contributed by atoms with Gasteiger partial charge in [0.05, 0.1) is 0 Å². The molecule has 6 heteroatoms. The molecule has 23 heavy (non-hydrogen) atoms. The van der Waals surface area contributed by atoms with Crippen molar-refractivity contribution in [3.8, 4) is 5.75 Å². The van der Waals surface area contributed by atoms with Crippen molar-refractivity contribution in [3.05, 3.63) is 62.4 Å². The van der Waals surface area contributed by atoms with Crippen molar-refractivity contribution >= 4 is 0 Å². The van der Waals surface area contributed by atoms with Crippen LogP contribution in [0.3, 0.4) is 0 Å². The number of aromatic nitrogens is 2. The first-order chi connectivity index (χ1) is 10.9. The zero-order valence-corrected chi connectivity index (χ0v) is 14.1. The second-order valence-corrected chi connectivity index (χ2v) is 5.77. The summed E-state index contributed by atoms with van der Waals surface area (Å²) in [7, 11) is 5.09. The van der Waals surface area contributed by atoms with Gasteiger partial charge in [0.1, 0.15) is 12.4 Å². The lowest BCUT2D eigenvalue weighted by molar-refractivity contribution is 0.229. The lowest BCUT2D eigenvalue weighted by Gasteiger charge is -2.19. The van der Waals surface area contributed by atoms with Crippen LogP contribution in [0.4, 0.5) is 0 Å². The summed E-state index contributed by atoms with van der Waals surface area (Å²) in [5.41, 5.74) is 1.29. The first kappa shape index (κ1) is 17.0. The van der Waals surface area contributed by atoms with Gasteiger partial charge in [-0.15, -0.1) is 0 Å². The van der Waals surface area contributed by atoms with Crippen LogP contribution in [0, 0.1) is 6.92 Å². The summed E-state index contributed by atoms with van der Waals surface area (Å²) < 4.78 is 8.29. The molecule has 0 N–H and O–H groups in total. The highest BCUT2D eigenvalue weighted by Crippen LogP contribution is 2.11. The molecule has 6 nitrogen and oxygen atoms in total. The van der Waals surface area contributed by atoms with Crippen molar-refractivity contribution in [1.29, 1.82) is 0 Å². The largest absolute Gasteiger partial charge is 0.492 e. The average molecular weight is 317 g/mol. The van der Waals surface area contributed by atoms with Crippen LogP contribution in [0.25, 0.3) is 0 Å². The Hall–Kier alpha value is -2.34. The lowest BCUT2D eigenvalue weighted by Crippen LogP contribution is -2.39. The summed E-state index contributed by atoms with van der Waals surface area (Å²) in [5, 5.41) is 0. The Morgan fingerprint density at radius 1 is 1.09 bits per heavy atom. The minimum atomic E-state index is -0.309. The van der Waals surface area contributed by atoms with E-state index in [2.05, 4.69) is 0 Å². The van der Waals surface area contributed by atoms with E-state index in [1.54, 1.807) is 7.05 Å². The smallest absolute Gasteiger partial charge is 0.330 e. The third-order valence-corrected chi connectivity index (χ3v) is 3.82. The second kappa shape index (κ2) is 7.28. The van der Waals surface area contributed by atoms with Gasteiger partial charge in [-0.3, -0.25) is 18.8 Å². The van der Waals surface area contributed by atoms with Gasteiger partial charge in [0, 0.05) is 38.9 Å². The summed E-state index contributed by atoms with van der Waals surface area (Å²) in [4.78, 5) is 25.6. The zero-order valence-electron chi connectivity index (χ0n) is 14.1. The fraction of sp³-hybridized carbons (Fsp3) is 0.412. The van der Waals surface area contributed by atoms with Crippen LogP contribution < -0.4 is 16.0 Å². The van der Waals surface area contributed by atoms with E-state index in [4.69, 9.17) is 4.74 Å². The zero-order chi connectivity index (χ0) is 17.0. The molecule has 0 atom stereocenters. The van der Waals surface area contributed by atoms with Crippen LogP contribution in [-0.4, -0.2) is 34.2 Å². The highest BCUT2D eigenvalue weighted by Gasteiger charge is 2.08. The number of hydrogen-bond donors (Lipinski definition) is 0. The molecule has 0 unspecified atom stereocenters. The van der Waals surface area contributed by atoms with Crippen molar-refractivity contribution in [2.45, 2.75) is 13.5 Å². The van der Waals surface area contributed by atoms with Crippen molar-refractivity contribution in [2.75, 3.05) is 20.2 Å². The Balaban J connectivity index is 1.92. The van der Waals surface area contributed by atoms with Crippen molar-refractivity contribution < 1.29 is 4.74 Å². The maximum absolute atomic E-state index is 11.9. The number of ether oxygens (including phenoxy) is 1. The molecule has 1 aromatic heterocycles. The molecule has 0 radical (unpaired) electrons. The van der Waals surface area contributed by atoms with Gasteiger partial charge in [-0.25, -0.2) is 4.79 Å². The summed E-state index contributed by atoms with van der Waals surface area (Å²) in [6.45, 7) is 3.78. The normalized spacial score (nSPS) is 11.0. The maximum Gasteiger partial charge on any atom is 0.330 e. The van der Waals surface area contributed by atoms with Gasteiger partial charge >= 0.3 is 5.69 Å². The molecule has 0 spiro atoms. The summed E-state index contributed by atoms with van der Waals surface area (Å²) >= 11 is 0. The van der Waals surface area contributed by atoms with Gasteiger partial charge in [-0.05, 0) is 26.1 Å². The van der Waals surface area contributed by atoms with Crippen molar-refractivity contribution in [2.24, 2.45) is 14.1 Å². The Kier molecular flexibility index (Phi) is 5.39. The minimum absolute atomic E-state index is 0.285. The molecule has 2 rings (SSSR count). The van der Waals surface area contributed by atoms with Gasteiger partial charge in [0.2, 0.25) is 0 Å². The summed E-state index contributed by atoms with van der Waals surface area (Å²) in [6.07, 6.45) is 0. The van der Waals surface area contributed by atoms with Crippen LogP contribution in [0.5, 0.6) is 5.75 Å². The van der Waals surface area contributed by atoms with Crippen LogP contribution in [-0.2, 0) is 20.6 Å². The summed E-state index contributed by atoms with van der Waals surface area (Å²) in [6, 6.07) is 9.40. The molecular formula is C17H23N3O3. The number of benzene rings is 1. The molecular weight excluding hydrogens is 294 g/mol. The van der Waals surface area contributed by atoms with E-state index in [1.807, 2.05) is 43.1 Å². The van der Waals surface area contributed by atoms with E-state index in [0.717, 1.165) is 10.3 Å². The van der Waals surface area contributed by atoms with E-state index >= 15 is 0 Å². The number of nitrogens with zero attached hydrogens (tertiary/aromatic N) is 3. The van der Waals surface area contributed by atoms with E-state index in [1.165, 1.54) is 23.2 Å². The van der Waals surface area contributed by atoms with Crippen LogP contribution in [0.2, 0.25) is 0 Å². The molecule has 0 amide bonds. The van der Waals surface area contributed by atoms with E-state index in [0.29, 0.717) is 25.4 Å². The van der Waals surface area contributed by atoms with Crippen molar-refractivity contribution in [3.63, 3.8) is 0 Å². The third-order valence-electron chi connectivity index (χ3n) is 3.82. The Morgan fingerprint density at radius 2 is 1.74 bits per heavy atom.